The Hall–Kier alpha value is -6.19. The van der Waals surface area contributed by atoms with Crippen molar-refractivity contribution in [3.8, 4) is 67.3 Å². The first kappa shape index (κ1) is 27.4. The number of aromatic nitrogens is 3. The van der Waals surface area contributed by atoms with Crippen LogP contribution in [0.2, 0.25) is 0 Å². The lowest BCUT2D eigenvalue weighted by molar-refractivity contribution is 1.18. The Bertz CT molecular complexity index is 2300. The Morgan fingerprint density at radius 3 is 1.41 bits per heavy atom. The molecule has 0 fully saturated rings. The molecule has 0 aliphatic rings. The van der Waals surface area contributed by atoms with Crippen molar-refractivity contribution in [1.29, 1.82) is 0 Å². The summed E-state index contributed by atoms with van der Waals surface area (Å²) < 4.78 is 0. The second-order valence-electron chi connectivity index (χ2n) is 11.3. The monoisotopic (exact) mass is 587 g/mol. The lowest BCUT2D eigenvalue weighted by Gasteiger charge is -2.14. The summed E-state index contributed by atoms with van der Waals surface area (Å²) in [4.78, 5) is 14.4. The van der Waals surface area contributed by atoms with Crippen molar-refractivity contribution in [2.24, 2.45) is 0 Å². The third-order valence-electron chi connectivity index (χ3n) is 8.41. The van der Waals surface area contributed by atoms with E-state index in [1.54, 1.807) is 0 Å². The van der Waals surface area contributed by atoms with Crippen LogP contribution in [-0.4, -0.2) is 15.0 Å². The summed E-state index contributed by atoms with van der Waals surface area (Å²) in [6, 6.07) is 57.2. The van der Waals surface area contributed by atoms with Crippen LogP contribution in [0.15, 0.2) is 176 Å². The molecule has 8 aromatic rings. The van der Waals surface area contributed by atoms with E-state index in [1.807, 2.05) is 36.7 Å². The zero-order valence-corrected chi connectivity index (χ0v) is 25.1. The third-order valence-corrected chi connectivity index (χ3v) is 8.41. The van der Waals surface area contributed by atoms with Gasteiger partial charge in [0.1, 0.15) is 0 Å². The van der Waals surface area contributed by atoms with Crippen LogP contribution in [0, 0.1) is 0 Å². The van der Waals surface area contributed by atoms with Crippen molar-refractivity contribution < 1.29 is 0 Å². The fourth-order valence-corrected chi connectivity index (χ4v) is 6.13. The zero-order chi connectivity index (χ0) is 30.7. The molecule has 8 rings (SSSR count). The van der Waals surface area contributed by atoms with E-state index in [0.29, 0.717) is 5.82 Å². The number of rotatable bonds is 6. The Morgan fingerprint density at radius 2 is 0.783 bits per heavy atom. The summed E-state index contributed by atoms with van der Waals surface area (Å²) in [6.07, 6.45) is 3.69. The highest BCUT2D eigenvalue weighted by Gasteiger charge is 2.14. The van der Waals surface area contributed by atoms with Crippen LogP contribution in [0.4, 0.5) is 0 Å². The van der Waals surface area contributed by atoms with Gasteiger partial charge in [0.15, 0.2) is 5.82 Å². The molecular formula is C43H29N3. The number of pyridine rings is 1. The molecule has 6 aromatic carbocycles. The highest BCUT2D eigenvalue weighted by Crippen LogP contribution is 2.37. The first-order valence-electron chi connectivity index (χ1n) is 15.4. The van der Waals surface area contributed by atoms with Gasteiger partial charge in [0.05, 0.1) is 11.4 Å². The van der Waals surface area contributed by atoms with Crippen molar-refractivity contribution in [3.05, 3.63) is 176 Å². The highest BCUT2D eigenvalue weighted by molar-refractivity contribution is 6.05. The maximum Gasteiger partial charge on any atom is 0.160 e. The molecule has 2 heterocycles. The molecule has 0 unspecified atom stereocenters. The lowest BCUT2D eigenvalue weighted by Crippen LogP contribution is -1.96. The highest BCUT2D eigenvalue weighted by atomic mass is 14.9. The molecular weight excluding hydrogens is 558 g/mol. The molecule has 2 aromatic heterocycles. The normalized spacial score (nSPS) is 11.0. The van der Waals surface area contributed by atoms with E-state index in [2.05, 4.69) is 145 Å². The van der Waals surface area contributed by atoms with Crippen molar-refractivity contribution in [3.63, 3.8) is 0 Å². The van der Waals surface area contributed by atoms with E-state index in [1.165, 1.54) is 27.5 Å². The van der Waals surface area contributed by atoms with Crippen molar-refractivity contribution in [2.45, 2.75) is 0 Å². The summed E-state index contributed by atoms with van der Waals surface area (Å²) in [5.41, 5.74) is 11.9. The Balaban J connectivity index is 1.26. The second-order valence-corrected chi connectivity index (χ2v) is 11.3. The summed E-state index contributed by atoms with van der Waals surface area (Å²) in [6.45, 7) is 0. The molecule has 0 aliphatic heterocycles. The fourth-order valence-electron chi connectivity index (χ4n) is 6.13. The number of benzene rings is 6. The standard InChI is InChI=1S/C43H29N3/c1-3-11-30(12-4-1)33-15-9-17-35(27-33)41-29-42(46-43(45-41)32-13-5-2-6-14-32)36-18-10-16-34(28-36)38-22-21-37(31-23-25-44-26-24-31)39-19-7-8-20-40(38)39/h1-29H. The van der Waals surface area contributed by atoms with Gasteiger partial charge in [-0.3, -0.25) is 4.98 Å². The zero-order valence-electron chi connectivity index (χ0n) is 25.1. The smallest absolute Gasteiger partial charge is 0.160 e. The minimum atomic E-state index is 0.704. The molecule has 0 radical (unpaired) electrons. The Morgan fingerprint density at radius 1 is 0.304 bits per heavy atom. The number of nitrogens with zero attached hydrogens (tertiary/aromatic N) is 3. The summed E-state index contributed by atoms with van der Waals surface area (Å²) >= 11 is 0. The van der Waals surface area contributed by atoms with Crippen LogP contribution < -0.4 is 0 Å². The maximum atomic E-state index is 5.11. The summed E-state index contributed by atoms with van der Waals surface area (Å²) in [5, 5.41) is 2.42. The molecule has 46 heavy (non-hydrogen) atoms. The molecule has 0 saturated carbocycles. The predicted molar refractivity (Wildman–Crippen MR) is 190 cm³/mol. The molecule has 3 nitrogen and oxygen atoms in total. The number of fused-ring (bicyclic) bond motifs is 1. The van der Waals surface area contributed by atoms with E-state index in [0.717, 1.165) is 44.8 Å². The topological polar surface area (TPSA) is 38.7 Å². The lowest BCUT2D eigenvalue weighted by atomic mass is 9.91. The molecule has 0 saturated heterocycles. The number of hydrogen-bond donors (Lipinski definition) is 0. The van der Waals surface area contributed by atoms with E-state index in [-0.39, 0.29) is 0 Å². The predicted octanol–water partition coefficient (Wildman–Crippen LogP) is 11.0. The van der Waals surface area contributed by atoms with E-state index >= 15 is 0 Å². The Labute approximate surface area is 268 Å². The second kappa shape index (κ2) is 12.1. The maximum absolute atomic E-state index is 5.11. The van der Waals surface area contributed by atoms with Gasteiger partial charge in [0.25, 0.3) is 0 Å². The van der Waals surface area contributed by atoms with Crippen LogP contribution in [-0.2, 0) is 0 Å². The number of hydrogen-bond acceptors (Lipinski definition) is 3. The van der Waals surface area contributed by atoms with Gasteiger partial charge < -0.3 is 0 Å². The van der Waals surface area contributed by atoms with E-state index < -0.39 is 0 Å². The molecule has 0 bridgehead atoms. The quantitative estimate of drug-likeness (QED) is 0.194. The first-order chi connectivity index (χ1) is 22.8. The first-order valence-corrected chi connectivity index (χ1v) is 15.4. The molecule has 216 valence electrons. The van der Waals surface area contributed by atoms with Gasteiger partial charge in [-0.2, -0.15) is 0 Å². The fraction of sp³-hybridized carbons (Fsp3) is 0. The van der Waals surface area contributed by atoms with Crippen LogP contribution >= 0.6 is 0 Å². The van der Waals surface area contributed by atoms with Crippen LogP contribution in [0.3, 0.4) is 0 Å². The third kappa shape index (κ3) is 5.36. The van der Waals surface area contributed by atoms with Crippen molar-refractivity contribution >= 4 is 10.8 Å². The Kier molecular flexibility index (Phi) is 7.18. The van der Waals surface area contributed by atoms with Crippen LogP contribution in [0.5, 0.6) is 0 Å². The largest absolute Gasteiger partial charge is 0.265 e. The van der Waals surface area contributed by atoms with E-state index in [4.69, 9.17) is 9.97 Å². The van der Waals surface area contributed by atoms with Gasteiger partial charge in [0, 0.05) is 29.1 Å². The van der Waals surface area contributed by atoms with Crippen LogP contribution in [0.1, 0.15) is 0 Å². The van der Waals surface area contributed by atoms with Crippen molar-refractivity contribution in [1.82, 2.24) is 15.0 Å². The average molecular weight is 588 g/mol. The van der Waals surface area contributed by atoms with Gasteiger partial charge in [-0.15, -0.1) is 0 Å². The average Bonchev–Trinajstić information content (AvgIpc) is 3.15. The van der Waals surface area contributed by atoms with Gasteiger partial charge in [-0.05, 0) is 74.5 Å². The molecule has 0 amide bonds. The molecule has 0 aliphatic carbocycles. The van der Waals surface area contributed by atoms with Gasteiger partial charge in [-0.25, -0.2) is 9.97 Å². The SMILES string of the molecule is c1ccc(-c2cccc(-c3cc(-c4cccc(-c5ccc(-c6ccncc6)c6ccccc56)c4)nc(-c4ccccc4)n3)c2)cc1. The molecule has 3 heteroatoms. The van der Waals surface area contributed by atoms with Crippen LogP contribution in [0.25, 0.3) is 78.1 Å². The van der Waals surface area contributed by atoms with Crippen molar-refractivity contribution in [2.75, 3.05) is 0 Å². The van der Waals surface area contributed by atoms with E-state index in [9.17, 15) is 0 Å². The van der Waals surface area contributed by atoms with Gasteiger partial charge in [0.2, 0.25) is 0 Å². The molecule has 0 spiro atoms. The summed E-state index contributed by atoms with van der Waals surface area (Å²) in [7, 11) is 0. The van der Waals surface area contributed by atoms with Gasteiger partial charge in [-0.1, -0.05) is 133 Å². The molecule has 0 N–H and O–H groups in total. The molecule has 0 atom stereocenters. The minimum absolute atomic E-state index is 0.704. The summed E-state index contributed by atoms with van der Waals surface area (Å²) in [5.74, 6) is 0.704. The minimum Gasteiger partial charge on any atom is -0.265 e. The van der Waals surface area contributed by atoms with Gasteiger partial charge >= 0.3 is 0 Å².